The molecule has 3 fully saturated rings. The smallest absolute Gasteiger partial charge is 0.345 e. The van der Waals surface area contributed by atoms with Gasteiger partial charge >= 0.3 is 11.9 Å². The summed E-state index contributed by atoms with van der Waals surface area (Å²) >= 11 is 0. The molecule has 11 nitrogen and oxygen atoms in total. The lowest BCUT2D eigenvalue weighted by Crippen LogP contribution is -2.64. The number of esters is 1. The Labute approximate surface area is 173 Å². The van der Waals surface area contributed by atoms with E-state index in [9.17, 15) is 35.1 Å². The fourth-order valence-electron chi connectivity index (χ4n) is 4.67. The standard InChI is InChI=1S/C19H30O11/c20-11(6-4-2-1-3-5-7-13(22)23)15-10(8-14(24)29-15)18(26)17(25)30-16-12(21)9-28-19(16,18)27/h10-12,14-16,20-21,24,26-27H,1-9H2,(H,22,23). The fraction of sp³-hybridized carbons (Fsp3) is 0.895. The SMILES string of the molecule is O=C(O)CCCCCCCC(O)C1OC(O)CC1C1(O)C(=O)OC2C(O)COC21O. The van der Waals surface area contributed by atoms with Crippen molar-refractivity contribution < 1.29 is 54.4 Å². The van der Waals surface area contributed by atoms with Gasteiger partial charge in [0.25, 0.3) is 0 Å². The lowest BCUT2D eigenvalue weighted by molar-refractivity contribution is -0.282. The van der Waals surface area contributed by atoms with Gasteiger partial charge in [-0.1, -0.05) is 25.7 Å². The Hall–Kier alpha value is -1.34. The van der Waals surface area contributed by atoms with E-state index in [1.807, 2.05) is 0 Å². The molecule has 3 aliphatic rings. The molecule has 0 aromatic carbocycles. The first-order chi connectivity index (χ1) is 14.1. The Kier molecular flexibility index (Phi) is 7.02. The molecule has 6 N–H and O–H groups in total. The molecule has 11 heteroatoms. The number of aliphatic hydroxyl groups excluding tert-OH is 3. The summed E-state index contributed by atoms with van der Waals surface area (Å²) in [5.74, 6) is -5.76. The molecule has 30 heavy (non-hydrogen) atoms. The Bertz CT molecular complexity index is 642. The van der Waals surface area contributed by atoms with E-state index < -0.39 is 60.0 Å². The zero-order valence-electron chi connectivity index (χ0n) is 16.6. The number of carbonyl (C=O) groups excluding carboxylic acids is 1. The van der Waals surface area contributed by atoms with E-state index in [1.165, 1.54) is 0 Å². The predicted molar refractivity (Wildman–Crippen MR) is 96.7 cm³/mol. The molecule has 3 saturated heterocycles. The number of aliphatic hydroxyl groups is 5. The predicted octanol–water partition coefficient (Wildman–Crippen LogP) is -1.38. The van der Waals surface area contributed by atoms with Gasteiger partial charge in [0.15, 0.2) is 12.4 Å². The number of aliphatic carboxylic acids is 1. The molecule has 0 aromatic heterocycles. The minimum atomic E-state index is -2.62. The average molecular weight is 434 g/mol. The monoisotopic (exact) mass is 434 g/mol. The van der Waals surface area contributed by atoms with Crippen molar-refractivity contribution >= 4 is 11.9 Å². The van der Waals surface area contributed by atoms with Gasteiger partial charge in [-0.2, -0.15) is 0 Å². The maximum atomic E-state index is 12.4. The first-order valence-corrected chi connectivity index (χ1v) is 10.3. The van der Waals surface area contributed by atoms with Crippen molar-refractivity contribution in [1.82, 2.24) is 0 Å². The quantitative estimate of drug-likeness (QED) is 0.176. The van der Waals surface area contributed by atoms with Crippen LogP contribution in [-0.2, 0) is 23.8 Å². The van der Waals surface area contributed by atoms with Crippen LogP contribution in [0.5, 0.6) is 0 Å². The van der Waals surface area contributed by atoms with Crippen LogP contribution in [0.1, 0.15) is 51.4 Å². The number of hydrogen-bond donors (Lipinski definition) is 6. The second kappa shape index (κ2) is 9.03. The summed E-state index contributed by atoms with van der Waals surface area (Å²) in [6, 6.07) is 0. The molecule has 0 aromatic rings. The fourth-order valence-corrected chi connectivity index (χ4v) is 4.67. The number of carboxylic acids is 1. The maximum absolute atomic E-state index is 12.4. The number of unbranched alkanes of at least 4 members (excludes halogenated alkanes) is 4. The number of rotatable bonds is 10. The van der Waals surface area contributed by atoms with Gasteiger partial charge < -0.3 is 44.8 Å². The van der Waals surface area contributed by atoms with Gasteiger partial charge in [0.1, 0.15) is 6.10 Å². The first kappa shape index (κ1) is 23.3. The van der Waals surface area contributed by atoms with Gasteiger partial charge in [0.05, 0.1) is 18.8 Å². The van der Waals surface area contributed by atoms with Crippen molar-refractivity contribution in [2.75, 3.05) is 6.61 Å². The lowest BCUT2D eigenvalue weighted by atomic mass is 9.74. The molecular formula is C19H30O11. The number of ether oxygens (including phenoxy) is 3. The van der Waals surface area contributed by atoms with E-state index in [0.717, 1.165) is 19.3 Å². The Morgan fingerprint density at radius 1 is 1.13 bits per heavy atom. The third-order valence-electron chi connectivity index (χ3n) is 6.27. The van der Waals surface area contributed by atoms with Crippen molar-refractivity contribution in [3.05, 3.63) is 0 Å². The Balaban J connectivity index is 1.60. The maximum Gasteiger partial charge on any atom is 0.345 e. The van der Waals surface area contributed by atoms with Gasteiger partial charge in [-0.25, -0.2) is 4.79 Å². The largest absolute Gasteiger partial charge is 0.481 e. The molecule has 0 aliphatic carbocycles. The molecule has 8 atom stereocenters. The van der Waals surface area contributed by atoms with Gasteiger partial charge in [-0.3, -0.25) is 4.79 Å². The van der Waals surface area contributed by atoms with Crippen LogP contribution in [-0.4, -0.2) is 91.3 Å². The second-order valence-electron chi connectivity index (χ2n) is 8.33. The van der Waals surface area contributed by atoms with E-state index in [1.54, 1.807) is 0 Å². The summed E-state index contributed by atoms with van der Waals surface area (Å²) in [5.41, 5.74) is -2.62. The number of hydrogen-bond acceptors (Lipinski definition) is 10. The Morgan fingerprint density at radius 2 is 1.80 bits per heavy atom. The molecule has 0 saturated carbocycles. The van der Waals surface area contributed by atoms with Crippen molar-refractivity contribution in [2.45, 2.75) is 93.5 Å². The first-order valence-electron chi connectivity index (χ1n) is 10.3. The van der Waals surface area contributed by atoms with Crippen LogP contribution >= 0.6 is 0 Å². The normalized spacial score (nSPS) is 41.6. The van der Waals surface area contributed by atoms with Crippen LogP contribution in [0.2, 0.25) is 0 Å². The minimum absolute atomic E-state index is 0.119. The molecular weight excluding hydrogens is 404 g/mol. The van der Waals surface area contributed by atoms with Crippen LogP contribution in [0.3, 0.4) is 0 Å². The van der Waals surface area contributed by atoms with E-state index in [0.29, 0.717) is 12.8 Å². The number of carboxylic acid groups (broad SMARTS) is 1. The van der Waals surface area contributed by atoms with Gasteiger partial charge in [0, 0.05) is 18.8 Å². The molecule has 0 spiro atoms. The molecule has 3 aliphatic heterocycles. The van der Waals surface area contributed by atoms with E-state index in [-0.39, 0.29) is 25.9 Å². The van der Waals surface area contributed by atoms with Crippen LogP contribution in [0.25, 0.3) is 0 Å². The summed E-state index contributed by atoms with van der Waals surface area (Å²) in [4.78, 5) is 22.9. The second-order valence-corrected chi connectivity index (χ2v) is 8.33. The number of fused-ring (bicyclic) bond motifs is 1. The van der Waals surface area contributed by atoms with E-state index >= 15 is 0 Å². The summed E-state index contributed by atoms with van der Waals surface area (Å²) in [6.07, 6.45) is -2.87. The highest BCUT2D eigenvalue weighted by molar-refractivity contribution is 5.84. The summed E-state index contributed by atoms with van der Waals surface area (Å²) in [7, 11) is 0. The molecule has 3 rings (SSSR count). The van der Waals surface area contributed by atoms with Gasteiger partial charge in [-0.05, 0) is 12.8 Å². The van der Waals surface area contributed by atoms with Crippen LogP contribution in [0.15, 0.2) is 0 Å². The van der Waals surface area contributed by atoms with Crippen molar-refractivity contribution in [1.29, 1.82) is 0 Å². The summed E-state index contributed by atoms with van der Waals surface area (Å²) in [6.45, 7) is -0.345. The highest BCUT2D eigenvalue weighted by atomic mass is 16.7. The minimum Gasteiger partial charge on any atom is -0.481 e. The van der Waals surface area contributed by atoms with Crippen molar-refractivity contribution in [3.63, 3.8) is 0 Å². The Morgan fingerprint density at radius 3 is 2.50 bits per heavy atom. The highest BCUT2D eigenvalue weighted by Gasteiger charge is 2.77. The zero-order valence-corrected chi connectivity index (χ0v) is 16.6. The van der Waals surface area contributed by atoms with E-state index in [4.69, 9.17) is 19.3 Å². The molecule has 0 bridgehead atoms. The molecule has 172 valence electrons. The summed E-state index contributed by atoms with van der Waals surface area (Å²) in [5, 5.41) is 61.0. The van der Waals surface area contributed by atoms with Gasteiger partial charge in [0.2, 0.25) is 11.4 Å². The average Bonchev–Trinajstić information content (AvgIpc) is 3.27. The third-order valence-corrected chi connectivity index (χ3v) is 6.27. The third kappa shape index (κ3) is 4.07. The number of carbonyl (C=O) groups is 2. The van der Waals surface area contributed by atoms with Crippen molar-refractivity contribution in [2.24, 2.45) is 5.92 Å². The summed E-state index contributed by atoms with van der Waals surface area (Å²) < 4.78 is 15.5. The highest BCUT2D eigenvalue weighted by Crippen LogP contribution is 2.51. The molecule has 3 heterocycles. The lowest BCUT2D eigenvalue weighted by Gasteiger charge is -2.38. The topological polar surface area (TPSA) is 183 Å². The molecule has 0 amide bonds. The van der Waals surface area contributed by atoms with Crippen molar-refractivity contribution in [3.8, 4) is 0 Å². The zero-order chi connectivity index (χ0) is 22.1. The molecule has 0 radical (unpaired) electrons. The van der Waals surface area contributed by atoms with Gasteiger partial charge in [-0.15, -0.1) is 0 Å². The van der Waals surface area contributed by atoms with Crippen LogP contribution in [0.4, 0.5) is 0 Å². The molecule has 8 unspecified atom stereocenters. The van der Waals surface area contributed by atoms with Crippen LogP contribution < -0.4 is 0 Å². The van der Waals surface area contributed by atoms with E-state index in [2.05, 4.69) is 0 Å². The van der Waals surface area contributed by atoms with Crippen LogP contribution in [0, 0.1) is 5.92 Å².